The van der Waals surface area contributed by atoms with Gasteiger partial charge in [0.25, 0.3) is 0 Å². The number of nitrogens with one attached hydrogen (secondary N) is 2. The van der Waals surface area contributed by atoms with Crippen LogP contribution in [0.5, 0.6) is 0 Å². The largest absolute Gasteiger partial charge is 0.480 e. The highest BCUT2D eigenvalue weighted by molar-refractivity contribution is 5.83. The summed E-state index contributed by atoms with van der Waals surface area (Å²) in [5, 5.41) is 23.2. The van der Waals surface area contributed by atoms with Gasteiger partial charge in [0.1, 0.15) is 12.6 Å². The van der Waals surface area contributed by atoms with Crippen LogP contribution >= 0.6 is 0 Å². The molecule has 1 fully saturated rings. The predicted octanol–water partition coefficient (Wildman–Crippen LogP) is 2.65. The summed E-state index contributed by atoms with van der Waals surface area (Å²) in [4.78, 5) is 35.5. The van der Waals surface area contributed by atoms with Crippen molar-refractivity contribution in [3.63, 3.8) is 0 Å². The average molecular weight is 453 g/mol. The number of hydrogen-bond acceptors (Lipinski definition) is 5. The molecule has 2 aliphatic carbocycles. The molecule has 0 unspecified atom stereocenters. The van der Waals surface area contributed by atoms with Crippen molar-refractivity contribution in [2.24, 2.45) is 5.92 Å². The highest BCUT2D eigenvalue weighted by Gasteiger charge is 2.31. The SMILES string of the molecule is O=C(C[C@@H]1CC[C@H](NC(=O)OCC2c3ccccc3-c3ccccc32)C1)N[C@H](CO)C(=O)O. The summed E-state index contributed by atoms with van der Waals surface area (Å²) >= 11 is 0. The fourth-order valence-corrected chi connectivity index (χ4v) is 4.90. The summed E-state index contributed by atoms with van der Waals surface area (Å²) in [5.41, 5.74) is 4.65. The zero-order chi connectivity index (χ0) is 23.4. The number of rotatable bonds is 8. The molecular weight excluding hydrogens is 424 g/mol. The Morgan fingerprint density at radius 3 is 2.24 bits per heavy atom. The summed E-state index contributed by atoms with van der Waals surface area (Å²) in [7, 11) is 0. The number of aliphatic carboxylic acids is 1. The molecule has 0 bridgehead atoms. The van der Waals surface area contributed by atoms with Crippen molar-refractivity contribution in [1.82, 2.24) is 10.6 Å². The molecular formula is C25H28N2O6. The normalized spacial score (nSPS) is 19.9. The molecule has 0 spiro atoms. The van der Waals surface area contributed by atoms with Crippen molar-refractivity contribution in [2.75, 3.05) is 13.2 Å². The molecule has 2 amide bonds. The van der Waals surface area contributed by atoms with Gasteiger partial charge in [-0.3, -0.25) is 4.79 Å². The third kappa shape index (κ3) is 5.17. The Morgan fingerprint density at radius 1 is 1.00 bits per heavy atom. The Labute approximate surface area is 192 Å². The number of ether oxygens (including phenoxy) is 1. The molecule has 8 heteroatoms. The fraction of sp³-hybridized carbons (Fsp3) is 0.400. The van der Waals surface area contributed by atoms with Gasteiger partial charge in [-0.1, -0.05) is 48.5 Å². The molecule has 0 heterocycles. The topological polar surface area (TPSA) is 125 Å². The molecule has 2 aromatic rings. The first-order valence-corrected chi connectivity index (χ1v) is 11.2. The number of carboxylic acid groups (broad SMARTS) is 1. The lowest BCUT2D eigenvalue weighted by molar-refractivity contribution is -0.143. The Kier molecular flexibility index (Phi) is 6.93. The number of carbonyl (C=O) groups excluding carboxylic acids is 2. The van der Waals surface area contributed by atoms with Gasteiger partial charge in [-0.15, -0.1) is 0 Å². The zero-order valence-electron chi connectivity index (χ0n) is 18.2. The minimum atomic E-state index is -1.30. The van der Waals surface area contributed by atoms with E-state index in [-0.39, 0.29) is 30.9 Å². The quantitative estimate of drug-likeness (QED) is 0.488. The second-order valence-corrected chi connectivity index (χ2v) is 8.69. The van der Waals surface area contributed by atoms with Crippen LogP contribution in [0, 0.1) is 5.92 Å². The molecule has 2 aromatic carbocycles. The van der Waals surface area contributed by atoms with Crippen LogP contribution in [-0.2, 0) is 14.3 Å². The highest BCUT2D eigenvalue weighted by atomic mass is 16.5. The molecule has 8 nitrogen and oxygen atoms in total. The standard InChI is InChI=1S/C25H28N2O6/c28-13-22(24(30)31)27-23(29)12-15-9-10-16(11-15)26-25(32)33-14-21-19-7-3-1-5-17(19)18-6-2-4-8-20(18)21/h1-8,15-16,21-22,28H,9-14H2,(H,26,32)(H,27,29)(H,30,31)/t15-,16+,22-/m1/s1. The molecule has 0 aromatic heterocycles. The van der Waals surface area contributed by atoms with Gasteiger partial charge in [0.05, 0.1) is 6.61 Å². The number of aliphatic hydroxyl groups is 1. The van der Waals surface area contributed by atoms with Crippen molar-refractivity contribution >= 4 is 18.0 Å². The van der Waals surface area contributed by atoms with Gasteiger partial charge in [-0.05, 0) is 47.4 Å². The van der Waals surface area contributed by atoms with Crippen molar-refractivity contribution < 1.29 is 29.3 Å². The van der Waals surface area contributed by atoms with E-state index in [1.165, 1.54) is 11.1 Å². The van der Waals surface area contributed by atoms with Gasteiger partial charge in [0, 0.05) is 18.4 Å². The van der Waals surface area contributed by atoms with E-state index in [2.05, 4.69) is 34.9 Å². The third-order valence-electron chi connectivity index (χ3n) is 6.50. The second kappa shape index (κ2) is 10.0. The molecule has 1 saturated carbocycles. The van der Waals surface area contributed by atoms with Gasteiger partial charge in [0.15, 0.2) is 0 Å². The summed E-state index contributed by atoms with van der Waals surface area (Å²) in [6.07, 6.45) is 1.78. The molecule has 0 radical (unpaired) electrons. The van der Waals surface area contributed by atoms with Crippen molar-refractivity contribution in [2.45, 2.75) is 43.7 Å². The molecule has 2 aliphatic rings. The molecule has 4 rings (SSSR count). The summed E-state index contributed by atoms with van der Waals surface area (Å²) in [6, 6.07) is 14.9. The number of alkyl carbamates (subject to hydrolysis) is 1. The average Bonchev–Trinajstić information content (AvgIpc) is 3.37. The van der Waals surface area contributed by atoms with Gasteiger partial charge in [-0.25, -0.2) is 9.59 Å². The fourth-order valence-electron chi connectivity index (χ4n) is 4.90. The minimum absolute atomic E-state index is 0.00289. The lowest BCUT2D eigenvalue weighted by Crippen LogP contribution is -2.43. The van der Waals surface area contributed by atoms with Crippen LogP contribution in [-0.4, -0.2) is 53.5 Å². The maximum absolute atomic E-state index is 12.5. The lowest BCUT2D eigenvalue weighted by atomic mass is 9.98. The number of fused-ring (bicyclic) bond motifs is 3. The van der Waals surface area contributed by atoms with Crippen LogP contribution in [0.3, 0.4) is 0 Å². The Morgan fingerprint density at radius 2 is 1.64 bits per heavy atom. The predicted molar refractivity (Wildman–Crippen MR) is 121 cm³/mol. The lowest BCUT2D eigenvalue weighted by Gasteiger charge is -2.17. The number of carbonyl (C=O) groups is 3. The van der Waals surface area contributed by atoms with E-state index in [1.54, 1.807) is 0 Å². The minimum Gasteiger partial charge on any atom is -0.480 e. The van der Waals surface area contributed by atoms with Crippen LogP contribution in [0.25, 0.3) is 11.1 Å². The van der Waals surface area contributed by atoms with E-state index < -0.39 is 30.6 Å². The van der Waals surface area contributed by atoms with Crippen LogP contribution in [0.1, 0.15) is 42.7 Å². The zero-order valence-corrected chi connectivity index (χ0v) is 18.2. The van der Waals surface area contributed by atoms with E-state index in [9.17, 15) is 14.4 Å². The number of hydrogen-bond donors (Lipinski definition) is 4. The first kappa shape index (κ1) is 22.8. The van der Waals surface area contributed by atoms with Gasteiger partial charge in [-0.2, -0.15) is 0 Å². The second-order valence-electron chi connectivity index (χ2n) is 8.69. The summed E-state index contributed by atoms with van der Waals surface area (Å²) < 4.78 is 5.59. The molecule has 33 heavy (non-hydrogen) atoms. The number of benzene rings is 2. The van der Waals surface area contributed by atoms with Gasteiger partial charge >= 0.3 is 12.1 Å². The van der Waals surface area contributed by atoms with Crippen molar-refractivity contribution in [1.29, 1.82) is 0 Å². The highest BCUT2D eigenvalue weighted by Crippen LogP contribution is 2.44. The molecule has 4 N–H and O–H groups in total. The number of amides is 2. The maximum atomic E-state index is 12.5. The number of aliphatic hydroxyl groups excluding tert-OH is 1. The monoisotopic (exact) mass is 452 g/mol. The third-order valence-corrected chi connectivity index (χ3v) is 6.50. The molecule has 0 aliphatic heterocycles. The van der Waals surface area contributed by atoms with E-state index in [4.69, 9.17) is 14.9 Å². The van der Waals surface area contributed by atoms with Crippen molar-refractivity contribution in [3.8, 4) is 11.1 Å². The molecule has 174 valence electrons. The van der Waals surface area contributed by atoms with E-state index in [1.807, 2.05) is 24.3 Å². The van der Waals surface area contributed by atoms with Crippen molar-refractivity contribution in [3.05, 3.63) is 59.7 Å². The van der Waals surface area contributed by atoms with Gasteiger partial charge < -0.3 is 25.6 Å². The molecule has 0 saturated heterocycles. The Bertz CT molecular complexity index is 994. The van der Waals surface area contributed by atoms with Crippen LogP contribution in [0.2, 0.25) is 0 Å². The van der Waals surface area contributed by atoms with Crippen LogP contribution in [0.15, 0.2) is 48.5 Å². The first-order valence-electron chi connectivity index (χ1n) is 11.2. The van der Waals surface area contributed by atoms with E-state index in [0.29, 0.717) is 6.42 Å². The number of carboxylic acids is 1. The summed E-state index contributed by atoms with van der Waals surface area (Å²) in [5.74, 6) is -1.65. The maximum Gasteiger partial charge on any atom is 0.407 e. The Balaban J connectivity index is 1.26. The Hall–Kier alpha value is -3.39. The first-order chi connectivity index (χ1) is 16.0. The summed E-state index contributed by atoms with van der Waals surface area (Å²) in [6.45, 7) is -0.409. The van der Waals surface area contributed by atoms with Crippen LogP contribution < -0.4 is 10.6 Å². The van der Waals surface area contributed by atoms with Crippen LogP contribution in [0.4, 0.5) is 4.79 Å². The van der Waals surface area contributed by atoms with Gasteiger partial charge in [0.2, 0.25) is 5.91 Å². The van der Waals surface area contributed by atoms with E-state index >= 15 is 0 Å². The smallest absolute Gasteiger partial charge is 0.407 e. The molecule has 3 atom stereocenters. The van der Waals surface area contributed by atoms with E-state index in [0.717, 1.165) is 24.0 Å².